The molecule has 16 heteroatoms. The second kappa shape index (κ2) is 18.5. The van der Waals surface area contributed by atoms with E-state index in [2.05, 4.69) is 32.4 Å². The highest BCUT2D eigenvalue weighted by atomic mass is 35.5. The third-order valence-electron chi connectivity index (χ3n) is 20.2. The Kier molecular flexibility index (Phi) is 12.9. The quantitative estimate of drug-likeness (QED) is 0.105. The molecule has 7 unspecified atom stereocenters. The maximum absolute atomic E-state index is 16.3. The molecule has 8 fully saturated rings. The highest BCUT2D eigenvalue weighted by Crippen LogP contribution is 2.68. The number of aromatic nitrogens is 1. The van der Waals surface area contributed by atoms with Crippen LogP contribution in [-0.4, -0.2) is 101 Å². The zero-order valence-electron chi connectivity index (χ0n) is 42.6. The van der Waals surface area contributed by atoms with E-state index in [1.807, 2.05) is 13.8 Å². The van der Waals surface area contributed by atoms with Crippen molar-refractivity contribution in [3.8, 4) is 0 Å². The largest absolute Gasteiger partial charge is 0.461 e. The molecular weight excluding hydrogens is 974 g/mol. The first kappa shape index (κ1) is 50.8. The number of carbonyl (C=O) groups excluding carboxylic acids is 4. The first-order valence-corrected chi connectivity index (χ1v) is 28.0. The van der Waals surface area contributed by atoms with E-state index >= 15 is 13.6 Å². The number of fused-ring (bicyclic) bond motifs is 3. The summed E-state index contributed by atoms with van der Waals surface area (Å²) in [5.74, 6) is -3.76. The maximum Gasteiger partial charge on any atom is 0.352 e. The fourth-order valence-corrected chi connectivity index (χ4v) is 16.8. The molecule has 2 N–H and O–H groups in total. The van der Waals surface area contributed by atoms with Crippen molar-refractivity contribution in [3.05, 3.63) is 87.4 Å². The highest BCUT2D eigenvalue weighted by molar-refractivity contribution is 8.00. The molecule has 1 spiro atoms. The Labute approximate surface area is 435 Å². The van der Waals surface area contributed by atoms with Crippen molar-refractivity contribution in [2.45, 2.75) is 159 Å². The number of alkyl halides is 1. The Morgan fingerprint density at radius 1 is 1.01 bits per heavy atom. The molecule has 12 nitrogen and oxygen atoms in total. The van der Waals surface area contributed by atoms with Crippen LogP contribution < -0.4 is 16.1 Å². The monoisotopic (exact) mass is 1040 g/mol. The number of halogens is 3. The number of ketones is 1. The molecule has 73 heavy (non-hydrogen) atoms. The number of anilines is 1. The van der Waals surface area contributed by atoms with E-state index in [9.17, 15) is 19.2 Å². The molecule has 2 aromatic carbocycles. The van der Waals surface area contributed by atoms with Crippen LogP contribution in [0.15, 0.2) is 60.0 Å². The molecule has 3 aromatic rings. The van der Waals surface area contributed by atoms with Crippen molar-refractivity contribution in [1.29, 1.82) is 0 Å². The number of hydrogen-bond acceptors (Lipinski definition) is 12. The molecule has 5 saturated carbocycles. The third kappa shape index (κ3) is 8.29. The molecule has 11 rings (SSSR count). The van der Waals surface area contributed by atoms with Gasteiger partial charge in [-0.2, -0.15) is 0 Å². The maximum atomic E-state index is 16.3. The fraction of sp³-hybridized carbons (Fsp3) is 0.632. The summed E-state index contributed by atoms with van der Waals surface area (Å²) in [6, 6.07) is 9.45. The number of thioether (sulfide) groups is 1. The van der Waals surface area contributed by atoms with Gasteiger partial charge >= 0.3 is 17.9 Å². The van der Waals surface area contributed by atoms with Gasteiger partial charge in [-0.05, 0) is 88.7 Å². The van der Waals surface area contributed by atoms with Gasteiger partial charge in [0.05, 0.1) is 33.4 Å². The van der Waals surface area contributed by atoms with Crippen LogP contribution >= 0.6 is 23.4 Å². The lowest BCUT2D eigenvalue weighted by Crippen LogP contribution is -2.63. The van der Waals surface area contributed by atoms with Crippen LogP contribution in [0.4, 0.5) is 14.5 Å². The standard InChI is InChI=1S/C57H69ClF2N4O8S/c1-7-54(4)25-43(70-44(66)28-73-35-21-33-13-14-34(22-35)62(33)6)55(5)30(2)15-17-57(18-16-41(65)50(55)57)31(3)51(54)72-53(69)49(32-11-9-8-10-12-32)71-52(68)37-26-64(40-24-38(40)59)46-36(48(37)67)23-39(60)47(45(46)58)63-27-42(61)56(29-63)19-20-56/h7-12,23,26,30-31,33-35,38,40,42-43,49-51H,1,13-22,24-25,27-29,61H2,2-6H3/t30?,31-,33?,34?,35?,38+,40?,42-,43+,49?,50?,51+,54+,55-,57?/m1/s1. The van der Waals surface area contributed by atoms with E-state index in [-0.39, 0.29) is 74.9 Å². The van der Waals surface area contributed by atoms with Gasteiger partial charge in [0.1, 0.15) is 35.5 Å². The Balaban J connectivity index is 0.911. The minimum atomic E-state index is -1.70. The zero-order valence-corrected chi connectivity index (χ0v) is 44.2. The summed E-state index contributed by atoms with van der Waals surface area (Å²) in [7, 11) is 2.20. The Hall–Kier alpha value is -4.31. The van der Waals surface area contributed by atoms with Crippen LogP contribution in [0.25, 0.3) is 10.9 Å². The third-order valence-corrected chi connectivity index (χ3v) is 21.8. The number of rotatable bonds is 12. The molecule has 3 aliphatic heterocycles. The molecule has 3 saturated heterocycles. The summed E-state index contributed by atoms with van der Waals surface area (Å²) in [6.45, 7) is 13.4. The van der Waals surface area contributed by atoms with Crippen LogP contribution in [0.5, 0.6) is 0 Å². The Morgan fingerprint density at radius 3 is 2.36 bits per heavy atom. The van der Waals surface area contributed by atoms with Crippen molar-refractivity contribution >= 4 is 63.6 Å². The van der Waals surface area contributed by atoms with E-state index in [1.54, 1.807) is 53.1 Å². The lowest BCUT2D eigenvalue weighted by Gasteiger charge is -2.62. The smallest absolute Gasteiger partial charge is 0.352 e. The van der Waals surface area contributed by atoms with Gasteiger partial charge in [-0.1, -0.05) is 75.7 Å². The average molecular weight is 1040 g/mol. The summed E-state index contributed by atoms with van der Waals surface area (Å²) < 4.78 is 52.4. The minimum absolute atomic E-state index is 0.0358. The first-order chi connectivity index (χ1) is 34.7. The van der Waals surface area contributed by atoms with Gasteiger partial charge in [-0.3, -0.25) is 14.4 Å². The van der Waals surface area contributed by atoms with Crippen LogP contribution in [-0.2, 0) is 28.6 Å². The second-order valence-corrected chi connectivity index (χ2v) is 25.7. The number of ether oxygens (including phenoxy) is 3. The van der Waals surface area contributed by atoms with E-state index in [1.165, 1.54) is 23.6 Å². The molecule has 0 amide bonds. The molecular formula is C57H69ClF2N4O8S. The first-order valence-electron chi connectivity index (χ1n) is 26.6. The summed E-state index contributed by atoms with van der Waals surface area (Å²) in [4.78, 5) is 77.2. The minimum Gasteiger partial charge on any atom is -0.461 e. The average Bonchev–Trinajstić information content (AvgIpc) is 4.23. The summed E-state index contributed by atoms with van der Waals surface area (Å²) in [5.41, 5.74) is 2.99. The normalized spacial score (nSPS) is 37.6. The number of benzene rings is 2. The van der Waals surface area contributed by atoms with Crippen LogP contribution in [0.2, 0.25) is 5.02 Å². The van der Waals surface area contributed by atoms with Crippen molar-refractivity contribution in [3.63, 3.8) is 0 Å². The van der Waals surface area contributed by atoms with Gasteiger partial charge in [0.15, 0.2) is 0 Å². The van der Waals surface area contributed by atoms with Crippen molar-refractivity contribution in [2.24, 2.45) is 45.1 Å². The number of carbonyl (C=O) groups is 4. The van der Waals surface area contributed by atoms with E-state index in [0.717, 1.165) is 38.2 Å². The molecule has 14 atom stereocenters. The van der Waals surface area contributed by atoms with E-state index in [0.29, 0.717) is 49.7 Å². The van der Waals surface area contributed by atoms with Crippen molar-refractivity contribution in [2.75, 3.05) is 30.8 Å². The summed E-state index contributed by atoms with van der Waals surface area (Å²) >= 11 is 8.69. The molecule has 0 radical (unpaired) electrons. The van der Waals surface area contributed by atoms with Gasteiger partial charge in [0.25, 0.3) is 0 Å². The van der Waals surface area contributed by atoms with Crippen molar-refractivity contribution < 1.29 is 42.2 Å². The SMILES string of the molecule is C=C[C@@]1(C)C[C@H](OC(=O)CSC2CC3CCC(C2)N3C)[C@@]2(C)C(C)CCC3(CCC(=O)C32)[C@H](C)[C@@H]1OC(=O)C(OC(=O)c1cn(C2C[C@@H]2F)c2c(Cl)c(N3C[C@@H](N)C4(CC4)C3)c(F)cc2c1=O)c1ccccc1. The van der Waals surface area contributed by atoms with Crippen molar-refractivity contribution in [1.82, 2.24) is 9.47 Å². The molecule has 392 valence electrons. The lowest BCUT2D eigenvalue weighted by molar-refractivity contribution is -0.215. The van der Waals surface area contributed by atoms with Crippen LogP contribution in [0.1, 0.15) is 133 Å². The molecule has 5 aliphatic carbocycles. The number of esters is 3. The van der Waals surface area contributed by atoms with Gasteiger partial charge in [0, 0.05) is 89.1 Å². The van der Waals surface area contributed by atoms with Gasteiger partial charge in [-0.15, -0.1) is 18.3 Å². The number of hydrogen-bond donors (Lipinski definition) is 1. The predicted molar refractivity (Wildman–Crippen MR) is 277 cm³/mol. The summed E-state index contributed by atoms with van der Waals surface area (Å²) in [6.07, 6.45) is 7.24. The molecule has 4 bridgehead atoms. The number of piperidine rings is 1. The lowest BCUT2D eigenvalue weighted by atomic mass is 9.44. The van der Waals surface area contributed by atoms with Gasteiger partial charge < -0.3 is 34.3 Å². The topological polar surface area (TPSA) is 150 Å². The van der Waals surface area contributed by atoms with Crippen LogP contribution in [0, 0.1) is 45.2 Å². The summed E-state index contributed by atoms with van der Waals surface area (Å²) in [5, 5.41) is 0.0487. The number of pyridine rings is 1. The number of Topliss-reactive ketones (excluding diaryl/α,β-unsaturated/α-hetero) is 1. The highest BCUT2D eigenvalue weighted by Gasteiger charge is 2.69. The molecule has 4 heterocycles. The molecule has 1 aromatic heterocycles. The Morgan fingerprint density at radius 2 is 1.71 bits per heavy atom. The number of nitrogens with zero attached hydrogens (tertiary/aromatic N) is 3. The molecule has 8 aliphatic rings. The number of nitrogens with two attached hydrogens (primary N) is 1. The van der Waals surface area contributed by atoms with Crippen LogP contribution in [0.3, 0.4) is 0 Å². The van der Waals surface area contributed by atoms with Gasteiger partial charge in [0.2, 0.25) is 11.5 Å². The van der Waals surface area contributed by atoms with E-state index in [4.69, 9.17) is 31.5 Å². The van der Waals surface area contributed by atoms with E-state index < -0.39 is 87.4 Å². The van der Waals surface area contributed by atoms with Gasteiger partial charge in [-0.25, -0.2) is 18.4 Å². The second-order valence-electron chi connectivity index (χ2n) is 24.0. The zero-order chi connectivity index (χ0) is 51.7. The fourth-order valence-electron chi connectivity index (χ4n) is 15.3. The Bertz CT molecular complexity index is 2820. The predicted octanol–water partition coefficient (Wildman–Crippen LogP) is 9.72.